The molecule has 23 heavy (non-hydrogen) atoms. The van der Waals surface area contributed by atoms with E-state index in [1.807, 2.05) is 31.4 Å². The zero-order valence-electron chi connectivity index (χ0n) is 13.2. The van der Waals surface area contributed by atoms with Gasteiger partial charge in [-0.25, -0.2) is 4.98 Å². The Hall–Kier alpha value is -1.60. The molecule has 0 saturated heterocycles. The molecule has 1 N–H and O–H groups in total. The van der Waals surface area contributed by atoms with Crippen LogP contribution in [0.2, 0.25) is 0 Å². The zero-order valence-corrected chi connectivity index (χ0v) is 14.8. The number of nitrogens with one attached hydrogen (secondary N) is 1. The molecule has 0 fully saturated rings. The lowest BCUT2D eigenvalue weighted by atomic mass is 10.1. The highest BCUT2D eigenvalue weighted by Gasteiger charge is 2.27. The molecule has 0 spiro atoms. The quantitative estimate of drug-likeness (QED) is 0.860. The van der Waals surface area contributed by atoms with Crippen LogP contribution in [0.25, 0.3) is 0 Å². The molecule has 0 saturated carbocycles. The average Bonchev–Trinajstić information content (AvgIpc) is 3.06. The van der Waals surface area contributed by atoms with Crippen molar-refractivity contribution in [1.29, 1.82) is 0 Å². The number of aromatic nitrogens is 2. The monoisotopic (exact) mass is 349 g/mol. The van der Waals surface area contributed by atoms with E-state index in [9.17, 15) is 9.59 Å². The number of thioether (sulfide) groups is 1. The fraction of sp³-hybridized carbons (Fsp3) is 0.438. The van der Waals surface area contributed by atoms with Crippen molar-refractivity contribution in [1.82, 2.24) is 14.9 Å². The van der Waals surface area contributed by atoms with Gasteiger partial charge >= 0.3 is 0 Å². The van der Waals surface area contributed by atoms with E-state index in [0.29, 0.717) is 25.3 Å². The molecule has 3 rings (SSSR count). The molecule has 7 heteroatoms. The summed E-state index contributed by atoms with van der Waals surface area (Å²) in [6.07, 6.45) is 0.665. The Kier molecular flexibility index (Phi) is 4.87. The first-order valence-electron chi connectivity index (χ1n) is 7.63. The first-order chi connectivity index (χ1) is 11.1. The van der Waals surface area contributed by atoms with Crippen molar-refractivity contribution < 1.29 is 4.79 Å². The maximum Gasteiger partial charge on any atom is 0.257 e. The van der Waals surface area contributed by atoms with Crippen LogP contribution in [0.3, 0.4) is 0 Å². The second kappa shape index (κ2) is 6.88. The van der Waals surface area contributed by atoms with Crippen molar-refractivity contribution in [2.24, 2.45) is 5.92 Å². The first kappa shape index (κ1) is 16.3. The summed E-state index contributed by atoms with van der Waals surface area (Å²) in [5, 5.41) is 5.69. The number of fused-ring (bicyclic) bond motifs is 1. The average molecular weight is 349 g/mol. The fourth-order valence-electron chi connectivity index (χ4n) is 2.69. The van der Waals surface area contributed by atoms with Gasteiger partial charge in [0.2, 0.25) is 5.91 Å². The molecule has 3 heterocycles. The van der Waals surface area contributed by atoms with E-state index in [0.717, 1.165) is 21.3 Å². The van der Waals surface area contributed by atoms with Crippen molar-refractivity contribution >= 4 is 29.0 Å². The molecular formula is C16H19N3O2S2. The molecule has 1 unspecified atom stereocenters. The van der Waals surface area contributed by atoms with Crippen molar-refractivity contribution in [3.05, 3.63) is 44.0 Å². The van der Waals surface area contributed by atoms with Gasteiger partial charge in [0, 0.05) is 28.4 Å². The van der Waals surface area contributed by atoms with E-state index >= 15 is 0 Å². The Labute approximate surface area is 143 Å². The number of carbonyl (C=O) groups is 1. The molecule has 2 aromatic rings. The van der Waals surface area contributed by atoms with Gasteiger partial charge in [0.15, 0.2) is 5.16 Å². The van der Waals surface area contributed by atoms with Gasteiger partial charge in [-0.1, -0.05) is 24.8 Å². The van der Waals surface area contributed by atoms with Crippen LogP contribution in [0, 0.1) is 12.8 Å². The number of nitrogens with zero attached hydrogens (tertiary/aromatic N) is 2. The summed E-state index contributed by atoms with van der Waals surface area (Å²) in [5.74, 6) is 0.467. The van der Waals surface area contributed by atoms with E-state index in [4.69, 9.17) is 0 Å². The fourth-order valence-corrected chi connectivity index (χ4v) is 4.46. The maximum atomic E-state index is 12.6. The van der Waals surface area contributed by atoms with Crippen LogP contribution >= 0.6 is 23.1 Å². The number of carbonyl (C=O) groups excluding carboxylic acids is 1. The first-order valence-corrected chi connectivity index (χ1v) is 9.50. The predicted octanol–water partition coefficient (Wildman–Crippen LogP) is 2.21. The molecular weight excluding hydrogens is 330 g/mol. The van der Waals surface area contributed by atoms with Crippen LogP contribution in [0.1, 0.15) is 23.1 Å². The standard InChI is InChI=1S/C16H19N3O2S2/c1-3-13-10(2)18-16-19(15(13)21)8-11(9-23-16)14(20)17-7-12-5-4-6-22-12/h4-6,11H,3,7-9H2,1-2H3,(H,17,20). The summed E-state index contributed by atoms with van der Waals surface area (Å²) >= 11 is 3.11. The van der Waals surface area contributed by atoms with Gasteiger partial charge in [-0.05, 0) is 24.8 Å². The zero-order chi connectivity index (χ0) is 16.4. The molecule has 1 aliphatic heterocycles. The molecule has 2 aromatic heterocycles. The van der Waals surface area contributed by atoms with Crippen LogP contribution in [0.15, 0.2) is 27.5 Å². The lowest BCUT2D eigenvalue weighted by molar-refractivity contribution is -0.125. The molecule has 122 valence electrons. The molecule has 0 aliphatic carbocycles. The Balaban J connectivity index is 1.74. The van der Waals surface area contributed by atoms with Crippen LogP contribution in [0.5, 0.6) is 0 Å². The summed E-state index contributed by atoms with van der Waals surface area (Å²) in [4.78, 5) is 30.6. The second-order valence-electron chi connectivity index (χ2n) is 5.53. The van der Waals surface area contributed by atoms with E-state index in [1.165, 1.54) is 11.8 Å². The Bertz CT molecular complexity index is 768. The minimum atomic E-state index is -0.195. The van der Waals surface area contributed by atoms with Gasteiger partial charge in [0.25, 0.3) is 5.56 Å². The predicted molar refractivity (Wildman–Crippen MR) is 93.0 cm³/mol. The SMILES string of the molecule is CCc1c(C)nc2n(c1=O)CC(C(=O)NCc1cccs1)CS2. The van der Waals surface area contributed by atoms with Gasteiger partial charge in [0.1, 0.15) is 0 Å². The number of thiophene rings is 1. The van der Waals surface area contributed by atoms with Gasteiger partial charge < -0.3 is 5.32 Å². The third-order valence-corrected chi connectivity index (χ3v) is 6.01. The van der Waals surface area contributed by atoms with Gasteiger partial charge in [0.05, 0.1) is 12.5 Å². The number of hydrogen-bond acceptors (Lipinski definition) is 5. The highest BCUT2D eigenvalue weighted by Crippen LogP contribution is 2.26. The number of rotatable bonds is 4. The van der Waals surface area contributed by atoms with Gasteiger partial charge in [-0.15, -0.1) is 11.3 Å². The van der Waals surface area contributed by atoms with E-state index < -0.39 is 0 Å². The molecule has 0 aromatic carbocycles. The third kappa shape index (κ3) is 3.35. The normalized spacial score (nSPS) is 16.9. The summed E-state index contributed by atoms with van der Waals surface area (Å²) in [7, 11) is 0. The van der Waals surface area contributed by atoms with Crippen LogP contribution in [-0.4, -0.2) is 21.2 Å². The molecule has 0 radical (unpaired) electrons. The minimum absolute atomic E-state index is 0.00161. The van der Waals surface area contributed by atoms with Gasteiger partial charge in [-0.3, -0.25) is 14.2 Å². The second-order valence-corrected chi connectivity index (χ2v) is 7.55. The Morgan fingerprint density at radius 1 is 1.52 bits per heavy atom. The highest BCUT2D eigenvalue weighted by molar-refractivity contribution is 7.99. The number of aryl methyl sites for hydroxylation is 1. The summed E-state index contributed by atoms with van der Waals surface area (Å²) in [6.45, 7) is 4.80. The highest BCUT2D eigenvalue weighted by atomic mass is 32.2. The molecule has 1 aliphatic rings. The summed E-state index contributed by atoms with van der Waals surface area (Å²) in [5.41, 5.74) is 1.55. The van der Waals surface area contributed by atoms with Crippen LogP contribution in [-0.2, 0) is 24.3 Å². The van der Waals surface area contributed by atoms with Gasteiger partial charge in [-0.2, -0.15) is 0 Å². The number of hydrogen-bond donors (Lipinski definition) is 1. The van der Waals surface area contributed by atoms with E-state index in [2.05, 4.69) is 10.3 Å². The molecule has 5 nitrogen and oxygen atoms in total. The van der Waals surface area contributed by atoms with E-state index in [-0.39, 0.29) is 17.4 Å². The van der Waals surface area contributed by atoms with Crippen LogP contribution in [0.4, 0.5) is 0 Å². The Morgan fingerprint density at radius 3 is 3.04 bits per heavy atom. The maximum absolute atomic E-state index is 12.6. The lowest BCUT2D eigenvalue weighted by Gasteiger charge is -2.25. The minimum Gasteiger partial charge on any atom is -0.351 e. The summed E-state index contributed by atoms with van der Waals surface area (Å²) in [6, 6.07) is 3.97. The van der Waals surface area contributed by atoms with Crippen LogP contribution < -0.4 is 10.9 Å². The molecule has 1 atom stereocenters. The number of amides is 1. The molecule has 0 bridgehead atoms. The van der Waals surface area contributed by atoms with Crippen molar-refractivity contribution in [3.63, 3.8) is 0 Å². The van der Waals surface area contributed by atoms with Crippen molar-refractivity contribution in [2.75, 3.05) is 5.75 Å². The largest absolute Gasteiger partial charge is 0.351 e. The molecule has 1 amide bonds. The van der Waals surface area contributed by atoms with Crippen molar-refractivity contribution in [3.8, 4) is 0 Å². The van der Waals surface area contributed by atoms with Crippen molar-refractivity contribution in [2.45, 2.75) is 38.5 Å². The lowest BCUT2D eigenvalue weighted by Crippen LogP contribution is -2.40. The smallest absolute Gasteiger partial charge is 0.257 e. The third-order valence-electron chi connectivity index (χ3n) is 3.99. The summed E-state index contributed by atoms with van der Waals surface area (Å²) < 4.78 is 1.66. The van der Waals surface area contributed by atoms with E-state index in [1.54, 1.807) is 15.9 Å². The topological polar surface area (TPSA) is 64.0 Å². The Morgan fingerprint density at radius 2 is 2.35 bits per heavy atom.